The number of likely N-dealkylation sites (N-methyl/N-ethyl adjacent to an activating group) is 2. The van der Waals surface area contributed by atoms with Gasteiger partial charge in [-0.15, -0.1) is 0 Å². The van der Waals surface area contributed by atoms with Crippen LogP contribution in [-0.2, 0) is 4.79 Å². The van der Waals surface area contributed by atoms with Crippen LogP contribution in [0.2, 0.25) is 0 Å². The van der Waals surface area contributed by atoms with Crippen molar-refractivity contribution in [2.75, 3.05) is 57.9 Å². The summed E-state index contributed by atoms with van der Waals surface area (Å²) < 4.78 is 0.720. The van der Waals surface area contributed by atoms with Gasteiger partial charge in [-0.1, -0.05) is 12.1 Å². The van der Waals surface area contributed by atoms with Crippen LogP contribution in [0.4, 0.5) is 11.4 Å². The lowest BCUT2D eigenvalue weighted by molar-refractivity contribution is -0.905. The summed E-state index contributed by atoms with van der Waals surface area (Å²) in [6.45, 7) is 4.28. The fraction of sp³-hybridized carbons (Fsp3) is 0.389. The zero-order chi connectivity index (χ0) is 17.3. The minimum atomic E-state index is -0.0828. The number of anilines is 2. The van der Waals surface area contributed by atoms with E-state index in [1.165, 1.54) is 0 Å². The molecular weight excluding hydrogens is 304 g/mol. The second kappa shape index (κ2) is 6.30. The van der Waals surface area contributed by atoms with Gasteiger partial charge in [-0.2, -0.15) is 0 Å². The van der Waals surface area contributed by atoms with Crippen molar-refractivity contribution in [2.24, 2.45) is 0 Å². The Morgan fingerprint density at radius 3 is 2.67 bits per heavy atom. The van der Waals surface area contributed by atoms with Crippen LogP contribution >= 0.6 is 0 Å². The Hall–Kier alpha value is -2.31. The number of quaternary nitrogens is 1. The van der Waals surface area contributed by atoms with Crippen LogP contribution in [0.25, 0.3) is 10.8 Å². The van der Waals surface area contributed by atoms with Crippen LogP contribution in [0.15, 0.2) is 30.3 Å². The summed E-state index contributed by atoms with van der Waals surface area (Å²) in [4.78, 5) is 14.7. The molecule has 0 bridgehead atoms. The highest BCUT2D eigenvalue weighted by Crippen LogP contribution is 2.35. The molecule has 1 aliphatic heterocycles. The maximum atomic E-state index is 12.4. The van der Waals surface area contributed by atoms with E-state index in [1.807, 2.05) is 6.07 Å². The van der Waals surface area contributed by atoms with Gasteiger partial charge < -0.3 is 20.6 Å². The molecule has 24 heavy (non-hydrogen) atoms. The van der Waals surface area contributed by atoms with Gasteiger partial charge in [0.15, 0.2) is 6.54 Å². The van der Waals surface area contributed by atoms with Crippen LogP contribution in [0.5, 0.6) is 5.75 Å². The molecular formula is C18H25N4O2+. The number of aromatic hydroxyl groups is 1. The Balaban J connectivity index is 1.75. The number of nitrogens with two attached hydrogens (primary N) is 1. The summed E-state index contributed by atoms with van der Waals surface area (Å²) in [6, 6.07) is 8.91. The minimum absolute atomic E-state index is 0.0641. The number of phenols is 1. The number of hydrogen-bond donors (Lipinski definition) is 3. The van der Waals surface area contributed by atoms with E-state index in [9.17, 15) is 9.90 Å². The average molecular weight is 329 g/mol. The maximum absolute atomic E-state index is 12.4. The molecule has 1 fully saturated rings. The van der Waals surface area contributed by atoms with E-state index >= 15 is 0 Å². The molecule has 2 aromatic carbocycles. The van der Waals surface area contributed by atoms with E-state index in [-0.39, 0.29) is 11.7 Å². The highest BCUT2D eigenvalue weighted by molar-refractivity contribution is 6.03. The van der Waals surface area contributed by atoms with Crippen LogP contribution < -0.4 is 11.1 Å². The van der Waals surface area contributed by atoms with Crippen LogP contribution in [0, 0.1) is 0 Å². The molecule has 128 valence electrons. The first-order valence-corrected chi connectivity index (χ1v) is 8.20. The first kappa shape index (κ1) is 16.5. The second-order valence-electron chi connectivity index (χ2n) is 6.98. The second-order valence-corrected chi connectivity index (χ2v) is 6.98. The van der Waals surface area contributed by atoms with Gasteiger partial charge in [0, 0.05) is 29.5 Å². The lowest BCUT2D eigenvalue weighted by atomic mass is 10.1. The van der Waals surface area contributed by atoms with E-state index in [0.29, 0.717) is 23.3 Å². The van der Waals surface area contributed by atoms with Gasteiger partial charge >= 0.3 is 0 Å². The zero-order valence-corrected chi connectivity index (χ0v) is 14.2. The molecule has 0 saturated carbocycles. The lowest BCUT2D eigenvalue weighted by Gasteiger charge is -2.40. The monoisotopic (exact) mass is 329 g/mol. The van der Waals surface area contributed by atoms with Crippen molar-refractivity contribution in [3.8, 4) is 5.75 Å². The maximum Gasteiger partial charge on any atom is 0.279 e. The topological polar surface area (TPSA) is 78.6 Å². The molecule has 0 spiro atoms. The Kier molecular flexibility index (Phi) is 4.34. The Morgan fingerprint density at radius 2 is 1.96 bits per heavy atom. The molecule has 0 unspecified atom stereocenters. The summed E-state index contributed by atoms with van der Waals surface area (Å²) in [5.74, 6) is -0.0187. The summed E-state index contributed by atoms with van der Waals surface area (Å²) in [6.07, 6.45) is 0. The Morgan fingerprint density at radius 1 is 1.25 bits per heavy atom. The standard InChI is InChI=1S/C18H24N4O2/c1-21-8-10-22(2,11-9-21)12-17(23)20-16-7-6-13-14(18(16)24)4-3-5-15(13)19/h3-7H,8-12,19H2,1-2H3,(H-,20,23,24)/p+1. The minimum Gasteiger partial charge on any atom is -0.505 e. The van der Waals surface area contributed by atoms with Gasteiger partial charge in [0.1, 0.15) is 5.75 Å². The first-order valence-electron chi connectivity index (χ1n) is 8.20. The molecule has 6 nitrogen and oxygen atoms in total. The van der Waals surface area contributed by atoms with Gasteiger partial charge in [-0.05, 0) is 25.2 Å². The van der Waals surface area contributed by atoms with E-state index in [1.54, 1.807) is 24.3 Å². The molecule has 1 saturated heterocycles. The molecule has 2 aromatic rings. The molecule has 0 aromatic heterocycles. The van der Waals surface area contributed by atoms with Crippen molar-refractivity contribution < 1.29 is 14.4 Å². The molecule has 6 heteroatoms. The van der Waals surface area contributed by atoms with E-state index in [2.05, 4.69) is 24.3 Å². The highest BCUT2D eigenvalue weighted by Gasteiger charge is 2.29. The van der Waals surface area contributed by atoms with Crippen molar-refractivity contribution in [3.63, 3.8) is 0 Å². The summed E-state index contributed by atoms with van der Waals surface area (Å²) in [5.41, 5.74) is 6.96. The number of carbonyl (C=O) groups excluding carboxylic acids is 1. The molecule has 1 amide bonds. The van der Waals surface area contributed by atoms with E-state index in [0.717, 1.165) is 36.0 Å². The van der Waals surface area contributed by atoms with Crippen molar-refractivity contribution in [1.82, 2.24) is 4.90 Å². The van der Waals surface area contributed by atoms with E-state index < -0.39 is 0 Å². The third-order valence-electron chi connectivity index (χ3n) is 4.91. The lowest BCUT2D eigenvalue weighted by Crippen LogP contribution is -2.58. The highest BCUT2D eigenvalue weighted by atomic mass is 16.3. The SMILES string of the molecule is CN1CC[N+](C)(CC(=O)Nc2ccc3c(N)cccc3c2O)CC1. The first-order chi connectivity index (χ1) is 11.4. The van der Waals surface area contributed by atoms with Crippen LogP contribution in [0.3, 0.4) is 0 Å². The summed E-state index contributed by atoms with van der Waals surface area (Å²) in [5, 5.41) is 14.7. The summed E-state index contributed by atoms with van der Waals surface area (Å²) >= 11 is 0. The number of carbonyl (C=O) groups is 1. The number of piperazine rings is 1. The fourth-order valence-electron chi connectivity index (χ4n) is 3.21. The molecule has 1 aliphatic rings. The van der Waals surface area contributed by atoms with Crippen LogP contribution in [-0.4, -0.2) is 67.2 Å². The predicted octanol–water partition coefficient (Wildman–Crippen LogP) is 1.46. The Bertz CT molecular complexity index is 767. The summed E-state index contributed by atoms with van der Waals surface area (Å²) in [7, 11) is 4.20. The van der Waals surface area contributed by atoms with Crippen molar-refractivity contribution >= 4 is 28.1 Å². The van der Waals surface area contributed by atoms with Crippen molar-refractivity contribution in [2.45, 2.75) is 0 Å². The molecule has 0 radical (unpaired) electrons. The number of hydrogen-bond acceptors (Lipinski definition) is 4. The van der Waals surface area contributed by atoms with Crippen LogP contribution in [0.1, 0.15) is 0 Å². The molecule has 0 aliphatic carbocycles. The molecule has 1 heterocycles. The predicted molar refractivity (Wildman–Crippen MR) is 96.9 cm³/mol. The van der Waals surface area contributed by atoms with E-state index in [4.69, 9.17) is 5.73 Å². The van der Waals surface area contributed by atoms with Gasteiger partial charge in [-0.3, -0.25) is 9.69 Å². The van der Waals surface area contributed by atoms with Gasteiger partial charge in [0.05, 0.1) is 25.8 Å². The third-order valence-corrected chi connectivity index (χ3v) is 4.91. The third kappa shape index (κ3) is 3.29. The van der Waals surface area contributed by atoms with Gasteiger partial charge in [0.25, 0.3) is 5.91 Å². The number of amides is 1. The number of benzene rings is 2. The fourth-order valence-corrected chi connectivity index (χ4v) is 3.21. The number of rotatable bonds is 3. The number of fused-ring (bicyclic) bond motifs is 1. The quantitative estimate of drug-likeness (QED) is 0.452. The largest absolute Gasteiger partial charge is 0.505 e. The average Bonchev–Trinajstić information content (AvgIpc) is 2.54. The zero-order valence-electron chi connectivity index (χ0n) is 14.2. The molecule has 0 atom stereocenters. The van der Waals surface area contributed by atoms with Gasteiger partial charge in [0.2, 0.25) is 0 Å². The number of nitrogen functional groups attached to an aromatic ring is 1. The van der Waals surface area contributed by atoms with Crippen molar-refractivity contribution in [3.05, 3.63) is 30.3 Å². The van der Waals surface area contributed by atoms with Crippen molar-refractivity contribution in [1.29, 1.82) is 0 Å². The Labute approximate surface area is 142 Å². The van der Waals surface area contributed by atoms with Gasteiger partial charge in [-0.25, -0.2) is 0 Å². The molecule has 3 rings (SSSR count). The smallest absolute Gasteiger partial charge is 0.279 e. The number of phenolic OH excluding ortho intramolecular Hbond substituents is 1. The number of nitrogens with zero attached hydrogens (tertiary/aromatic N) is 2. The molecule has 4 N–H and O–H groups in total. The normalized spacial score (nSPS) is 17.8. The number of nitrogens with one attached hydrogen (secondary N) is 1.